The molecule has 1 aliphatic heterocycles. The normalized spacial score (nSPS) is 19.1. The Labute approximate surface area is 177 Å². The second kappa shape index (κ2) is 7.98. The number of Topliss-reactive ketones (excluding diaryl/α,β-unsaturated/α-hetero) is 1. The summed E-state index contributed by atoms with van der Waals surface area (Å²) in [5.74, 6) is 1.13. The van der Waals surface area contributed by atoms with Crippen molar-refractivity contribution >= 4 is 17.4 Å². The zero-order valence-electron chi connectivity index (χ0n) is 18.0. The monoisotopic (exact) mass is 405 g/mol. The van der Waals surface area contributed by atoms with Crippen molar-refractivity contribution in [2.75, 3.05) is 19.1 Å². The molecule has 5 heteroatoms. The summed E-state index contributed by atoms with van der Waals surface area (Å²) in [6, 6.07) is 11.7. The fraction of sp³-hybridized carbons (Fsp3) is 0.360. The molecule has 1 amide bonds. The molecule has 1 aliphatic carbocycles. The number of carbonyl (C=O) groups is 2. The van der Waals surface area contributed by atoms with Gasteiger partial charge in [0.2, 0.25) is 5.91 Å². The summed E-state index contributed by atoms with van der Waals surface area (Å²) in [5, 5.41) is 0. The van der Waals surface area contributed by atoms with Gasteiger partial charge >= 0.3 is 0 Å². The molecule has 0 fully saturated rings. The zero-order valence-corrected chi connectivity index (χ0v) is 18.0. The SMILES string of the molecule is COc1ccc(C2CC(=O)N(c3ccc(C)c(C)c3)C3=C2C(=O)CCC3)cc1OC. The minimum Gasteiger partial charge on any atom is -0.493 e. The number of ketones is 1. The Bertz CT molecular complexity index is 1050. The lowest BCUT2D eigenvalue weighted by Gasteiger charge is -2.38. The van der Waals surface area contributed by atoms with Crippen molar-refractivity contribution in [3.8, 4) is 11.5 Å². The van der Waals surface area contributed by atoms with Crippen molar-refractivity contribution in [3.63, 3.8) is 0 Å². The van der Waals surface area contributed by atoms with Crippen LogP contribution in [0.4, 0.5) is 5.69 Å². The molecule has 2 aromatic rings. The molecule has 0 saturated heterocycles. The van der Waals surface area contributed by atoms with Crippen LogP contribution in [0.1, 0.15) is 48.3 Å². The third-order valence-electron chi connectivity index (χ3n) is 6.23. The highest BCUT2D eigenvalue weighted by Crippen LogP contribution is 2.45. The fourth-order valence-corrected chi connectivity index (χ4v) is 4.51. The molecule has 2 aliphatic rings. The maximum absolute atomic E-state index is 13.3. The number of hydrogen-bond acceptors (Lipinski definition) is 4. The first kappa shape index (κ1) is 20.2. The number of methoxy groups -OCH3 is 2. The fourth-order valence-electron chi connectivity index (χ4n) is 4.51. The highest BCUT2D eigenvalue weighted by atomic mass is 16.5. The summed E-state index contributed by atoms with van der Waals surface area (Å²) >= 11 is 0. The topological polar surface area (TPSA) is 55.8 Å². The van der Waals surface area contributed by atoms with E-state index in [0.29, 0.717) is 17.9 Å². The summed E-state index contributed by atoms with van der Waals surface area (Å²) < 4.78 is 10.8. The molecule has 0 radical (unpaired) electrons. The van der Waals surface area contributed by atoms with Gasteiger partial charge in [0.05, 0.1) is 14.2 Å². The highest BCUT2D eigenvalue weighted by Gasteiger charge is 2.40. The second-order valence-electron chi connectivity index (χ2n) is 8.01. The Balaban J connectivity index is 1.84. The van der Waals surface area contributed by atoms with Gasteiger partial charge in [-0.2, -0.15) is 0 Å². The quantitative estimate of drug-likeness (QED) is 0.730. The first-order valence-electron chi connectivity index (χ1n) is 10.3. The van der Waals surface area contributed by atoms with Gasteiger partial charge in [-0.3, -0.25) is 14.5 Å². The Morgan fingerprint density at radius 1 is 0.900 bits per heavy atom. The van der Waals surface area contributed by atoms with Gasteiger partial charge in [0.15, 0.2) is 17.3 Å². The summed E-state index contributed by atoms with van der Waals surface area (Å²) in [6.07, 6.45) is 2.28. The smallest absolute Gasteiger partial charge is 0.232 e. The predicted molar refractivity (Wildman–Crippen MR) is 116 cm³/mol. The van der Waals surface area contributed by atoms with Crippen LogP contribution < -0.4 is 14.4 Å². The molecule has 30 heavy (non-hydrogen) atoms. The van der Waals surface area contributed by atoms with Gasteiger partial charge in [0.1, 0.15) is 0 Å². The third-order valence-corrected chi connectivity index (χ3v) is 6.23. The summed E-state index contributed by atoms with van der Waals surface area (Å²) in [6.45, 7) is 4.10. The number of nitrogens with zero attached hydrogens (tertiary/aromatic N) is 1. The maximum atomic E-state index is 13.3. The standard InChI is InChI=1S/C25H27NO4/c1-15-8-10-18(12-16(15)2)26-20-6-5-7-21(27)25(20)19(14-24(26)28)17-9-11-22(29-3)23(13-17)30-4/h8-13,19H,5-7,14H2,1-4H3. The molecule has 2 aromatic carbocycles. The van der Waals surface area contributed by atoms with E-state index >= 15 is 0 Å². The molecule has 0 saturated carbocycles. The van der Waals surface area contributed by atoms with Crippen molar-refractivity contribution in [1.82, 2.24) is 0 Å². The van der Waals surface area contributed by atoms with Crippen LogP contribution in [0.2, 0.25) is 0 Å². The maximum Gasteiger partial charge on any atom is 0.232 e. The minimum absolute atomic E-state index is 0.0199. The van der Waals surface area contributed by atoms with E-state index in [1.807, 2.05) is 43.3 Å². The van der Waals surface area contributed by atoms with Crippen LogP contribution in [0, 0.1) is 13.8 Å². The number of benzene rings is 2. The number of amides is 1. The lowest BCUT2D eigenvalue weighted by Crippen LogP contribution is -2.40. The van der Waals surface area contributed by atoms with E-state index in [0.717, 1.165) is 40.9 Å². The number of allylic oxidation sites excluding steroid dienone is 2. The summed E-state index contributed by atoms with van der Waals surface area (Å²) in [4.78, 5) is 28.2. The molecule has 4 rings (SSSR count). The predicted octanol–water partition coefficient (Wildman–Crippen LogP) is 4.85. The number of hydrogen-bond donors (Lipinski definition) is 0. The van der Waals surface area contributed by atoms with Crippen LogP contribution >= 0.6 is 0 Å². The first-order valence-corrected chi connectivity index (χ1v) is 10.3. The molecule has 156 valence electrons. The molecular formula is C25H27NO4. The molecule has 1 unspecified atom stereocenters. The van der Waals surface area contributed by atoms with Gasteiger partial charge in [0, 0.05) is 35.7 Å². The summed E-state index contributed by atoms with van der Waals surface area (Å²) in [7, 11) is 3.18. The van der Waals surface area contributed by atoms with E-state index in [9.17, 15) is 9.59 Å². The zero-order chi connectivity index (χ0) is 21.4. The Morgan fingerprint density at radius 2 is 1.67 bits per heavy atom. The Morgan fingerprint density at radius 3 is 2.37 bits per heavy atom. The summed E-state index contributed by atoms with van der Waals surface area (Å²) in [5.41, 5.74) is 5.68. The van der Waals surface area contributed by atoms with Crippen molar-refractivity contribution < 1.29 is 19.1 Å². The molecule has 1 heterocycles. The molecule has 0 aromatic heterocycles. The van der Waals surface area contributed by atoms with Gasteiger partial charge in [-0.1, -0.05) is 12.1 Å². The van der Waals surface area contributed by atoms with Crippen molar-refractivity contribution in [2.24, 2.45) is 0 Å². The number of anilines is 1. The van der Waals surface area contributed by atoms with E-state index in [1.165, 1.54) is 5.56 Å². The Hall–Kier alpha value is -3.08. The lowest BCUT2D eigenvalue weighted by atomic mass is 9.77. The lowest BCUT2D eigenvalue weighted by molar-refractivity contribution is -0.119. The van der Waals surface area contributed by atoms with Gasteiger partial charge in [-0.25, -0.2) is 0 Å². The Kier molecular flexibility index (Phi) is 5.37. The van der Waals surface area contributed by atoms with Gasteiger partial charge in [-0.15, -0.1) is 0 Å². The van der Waals surface area contributed by atoms with E-state index < -0.39 is 0 Å². The number of carbonyl (C=O) groups excluding carboxylic acids is 2. The van der Waals surface area contributed by atoms with Crippen molar-refractivity contribution in [2.45, 2.75) is 45.4 Å². The van der Waals surface area contributed by atoms with Crippen molar-refractivity contribution in [1.29, 1.82) is 0 Å². The average molecular weight is 405 g/mol. The van der Waals surface area contributed by atoms with Crippen LogP contribution in [0.5, 0.6) is 11.5 Å². The molecule has 5 nitrogen and oxygen atoms in total. The second-order valence-corrected chi connectivity index (χ2v) is 8.01. The van der Waals surface area contributed by atoms with Crippen molar-refractivity contribution in [3.05, 3.63) is 64.4 Å². The average Bonchev–Trinajstić information content (AvgIpc) is 2.75. The van der Waals surface area contributed by atoms with E-state index in [1.54, 1.807) is 19.1 Å². The van der Waals surface area contributed by atoms with E-state index in [4.69, 9.17) is 9.47 Å². The van der Waals surface area contributed by atoms with Crippen LogP contribution in [-0.4, -0.2) is 25.9 Å². The first-order chi connectivity index (χ1) is 14.4. The molecule has 0 spiro atoms. The molecule has 1 atom stereocenters. The van der Waals surface area contributed by atoms with Gasteiger partial charge < -0.3 is 9.47 Å². The van der Waals surface area contributed by atoms with Crippen LogP contribution in [0.3, 0.4) is 0 Å². The van der Waals surface area contributed by atoms with Crippen LogP contribution in [0.15, 0.2) is 47.7 Å². The third kappa shape index (κ3) is 3.38. The van der Waals surface area contributed by atoms with Gasteiger partial charge in [-0.05, 0) is 67.6 Å². The van der Waals surface area contributed by atoms with Gasteiger partial charge in [0.25, 0.3) is 0 Å². The number of aryl methyl sites for hydroxylation is 2. The molecule has 0 N–H and O–H groups in total. The van der Waals surface area contributed by atoms with Crippen LogP contribution in [0.25, 0.3) is 0 Å². The largest absolute Gasteiger partial charge is 0.493 e. The number of rotatable bonds is 4. The minimum atomic E-state index is -0.261. The number of ether oxygens (including phenoxy) is 2. The van der Waals surface area contributed by atoms with Crippen LogP contribution in [-0.2, 0) is 9.59 Å². The van der Waals surface area contributed by atoms with E-state index in [-0.39, 0.29) is 24.0 Å². The molecular weight excluding hydrogens is 378 g/mol. The van der Waals surface area contributed by atoms with E-state index in [2.05, 4.69) is 6.92 Å². The highest BCUT2D eigenvalue weighted by molar-refractivity contribution is 6.07. The molecule has 0 bridgehead atoms.